The van der Waals surface area contributed by atoms with Gasteiger partial charge in [0.05, 0.1) is 0 Å². The lowest BCUT2D eigenvalue weighted by atomic mass is 9.52. The zero-order valence-electron chi connectivity index (χ0n) is 19.0. The number of likely N-dealkylation sites (tertiary alicyclic amines) is 1. The van der Waals surface area contributed by atoms with Gasteiger partial charge < -0.3 is 30.4 Å². The van der Waals surface area contributed by atoms with Crippen LogP contribution in [-0.2, 0) is 21.4 Å². The predicted molar refractivity (Wildman–Crippen MR) is 104 cm³/mol. The first kappa shape index (κ1) is 17.7. The number of carbonyl (C=O) groups is 2. The quantitative estimate of drug-likeness (QED) is 0.497. The molecule has 8 heteroatoms. The molecule has 0 radical (unpaired) electrons. The highest BCUT2D eigenvalue weighted by molar-refractivity contribution is 5.83. The summed E-state index contributed by atoms with van der Waals surface area (Å²) in [5.41, 5.74) is 2.64. The Morgan fingerprint density at radius 1 is 1.17 bits per heavy atom. The second kappa shape index (κ2) is 8.30. The number of aromatic hydroxyl groups is 1. The number of piperidine rings is 1. The maximum Gasteiger partial charge on any atom is 0.335 e. The molecule has 2 fully saturated rings. The summed E-state index contributed by atoms with van der Waals surface area (Å²) in [5.74, 6) is -2.77. The number of nitrogens with zero attached hydrogens (tertiary/aromatic N) is 1. The summed E-state index contributed by atoms with van der Waals surface area (Å²) >= 11 is 0. The Morgan fingerprint density at radius 3 is 2.48 bits per heavy atom. The number of fused-ring (bicyclic) bond motifs is 1. The number of aliphatic hydroxyl groups is 2. The van der Waals surface area contributed by atoms with E-state index in [0.29, 0.717) is 18.2 Å². The molecule has 1 aromatic rings. The fourth-order valence-electron chi connectivity index (χ4n) is 5.26. The molecule has 0 unspecified atom stereocenters. The Morgan fingerprint density at radius 2 is 1.86 bits per heavy atom. The van der Waals surface area contributed by atoms with Crippen molar-refractivity contribution >= 4 is 11.9 Å². The second-order valence-electron chi connectivity index (χ2n) is 8.13. The average Bonchev–Trinajstić information content (AvgIpc) is 2.72. The number of carboxylic acids is 2. The highest BCUT2D eigenvalue weighted by Crippen LogP contribution is 2.55. The minimum atomic E-state index is -2.27. The Balaban J connectivity index is 0.000000247. The van der Waals surface area contributed by atoms with Crippen LogP contribution in [0.15, 0.2) is 18.2 Å². The summed E-state index contributed by atoms with van der Waals surface area (Å²) in [5, 5.41) is 42.5. The number of rotatable bonds is 3. The largest absolute Gasteiger partial charge is 0.508 e. The van der Waals surface area contributed by atoms with Gasteiger partial charge in [-0.3, -0.25) is 0 Å². The van der Waals surface area contributed by atoms with Gasteiger partial charge in [0, 0.05) is 15.6 Å². The fraction of sp³-hybridized carbons (Fsp3) is 0.619. The molecule has 1 aromatic carbocycles. The van der Waals surface area contributed by atoms with Crippen LogP contribution in [-0.4, -0.2) is 74.1 Å². The molecule has 2 bridgehead atoms. The summed E-state index contributed by atoms with van der Waals surface area (Å²) < 4.78 is 23.7. The molecule has 0 aromatic heterocycles. The summed E-state index contributed by atoms with van der Waals surface area (Å²) in [6, 6.07) is 5.83. The zero-order valence-corrected chi connectivity index (χ0v) is 16.0. The van der Waals surface area contributed by atoms with Gasteiger partial charge in [-0.1, -0.05) is 18.9 Å². The van der Waals surface area contributed by atoms with Crippen molar-refractivity contribution in [3.05, 3.63) is 29.3 Å². The van der Waals surface area contributed by atoms with E-state index < -0.39 is 31.1 Å². The smallest absolute Gasteiger partial charge is 0.335 e. The van der Waals surface area contributed by atoms with E-state index in [0.717, 1.165) is 25.7 Å². The molecule has 8 nitrogen and oxygen atoms in total. The third-order valence-corrected chi connectivity index (χ3v) is 6.63. The molecule has 5 N–H and O–H groups in total. The first-order valence-corrected chi connectivity index (χ1v) is 9.79. The van der Waals surface area contributed by atoms with Gasteiger partial charge >= 0.3 is 11.9 Å². The topological polar surface area (TPSA) is 139 Å². The van der Waals surface area contributed by atoms with Crippen molar-refractivity contribution in [1.82, 2.24) is 4.90 Å². The molecule has 1 saturated carbocycles. The summed E-state index contributed by atoms with van der Waals surface area (Å²) in [6.07, 6.45) is 1.85. The van der Waals surface area contributed by atoms with Crippen molar-refractivity contribution in [2.24, 2.45) is 5.92 Å². The number of aliphatic hydroxyl groups excluding tert-OH is 2. The van der Waals surface area contributed by atoms with Crippen LogP contribution in [0.5, 0.6) is 5.75 Å². The number of hydrogen-bond acceptors (Lipinski definition) is 6. The standard InChI is InChI=1S/C17H23NO.C4H6O6/c1-18-9-8-17-7-3-2-4-14(17)16(18)10-12-5-6-13(19)11-15(12)17;5-1(3(7)8)2(6)4(9)10/h5-6,11,14,16,19H,2-4,7-10H2,1H3;1-2,5-6H,(H,7,8)(H,9,10)/t14-,16+,17+;1-,2-/m11/s1/i1D3;. The van der Waals surface area contributed by atoms with Gasteiger partial charge in [-0.25, -0.2) is 9.59 Å². The molecular formula is C21H29NO7. The molecule has 0 amide bonds. The number of phenolic OH excluding ortho intramolecular Hbond substituents is 1. The molecule has 0 spiro atoms. The molecule has 4 rings (SSSR count). The van der Waals surface area contributed by atoms with Gasteiger partial charge in [0.2, 0.25) is 0 Å². The van der Waals surface area contributed by atoms with Gasteiger partial charge in [0.15, 0.2) is 12.2 Å². The monoisotopic (exact) mass is 410 g/mol. The zero-order chi connectivity index (χ0) is 23.8. The van der Waals surface area contributed by atoms with Crippen LogP contribution in [0.1, 0.15) is 47.3 Å². The Labute approximate surface area is 173 Å². The van der Waals surface area contributed by atoms with Crippen molar-refractivity contribution in [3.63, 3.8) is 0 Å². The number of hydrogen-bond donors (Lipinski definition) is 5. The Bertz CT molecular complexity index is 859. The van der Waals surface area contributed by atoms with Crippen LogP contribution >= 0.6 is 0 Å². The van der Waals surface area contributed by atoms with Crippen molar-refractivity contribution < 1.29 is 39.2 Å². The molecule has 1 heterocycles. The second-order valence-corrected chi connectivity index (χ2v) is 8.13. The lowest BCUT2D eigenvalue weighted by Gasteiger charge is -2.58. The molecule has 1 saturated heterocycles. The number of phenols is 1. The van der Waals surface area contributed by atoms with Crippen LogP contribution in [0, 0.1) is 5.92 Å². The lowest BCUT2D eigenvalue weighted by Crippen LogP contribution is -2.59. The van der Waals surface area contributed by atoms with Gasteiger partial charge in [-0.2, -0.15) is 0 Å². The molecular weight excluding hydrogens is 378 g/mol. The van der Waals surface area contributed by atoms with E-state index in [1.54, 1.807) is 11.0 Å². The molecule has 160 valence electrons. The maximum absolute atomic E-state index is 9.95. The Kier molecular flexibility index (Phi) is 5.06. The third-order valence-electron chi connectivity index (χ3n) is 6.63. The summed E-state index contributed by atoms with van der Waals surface area (Å²) in [6.45, 7) is -1.35. The van der Waals surface area contributed by atoms with E-state index in [-0.39, 0.29) is 11.5 Å². The van der Waals surface area contributed by atoms with Crippen LogP contribution in [0.2, 0.25) is 0 Å². The normalized spacial score (nSPS) is 32.0. The van der Waals surface area contributed by atoms with E-state index in [1.165, 1.54) is 24.0 Å². The fourth-order valence-corrected chi connectivity index (χ4v) is 5.26. The van der Waals surface area contributed by atoms with Gasteiger partial charge in [0.1, 0.15) is 5.75 Å². The van der Waals surface area contributed by atoms with Gasteiger partial charge in [-0.05, 0) is 68.4 Å². The summed E-state index contributed by atoms with van der Waals surface area (Å²) in [4.78, 5) is 21.3. The highest BCUT2D eigenvalue weighted by atomic mass is 16.4. The lowest BCUT2D eigenvalue weighted by molar-refractivity contribution is -0.165. The number of aliphatic carboxylic acids is 2. The van der Waals surface area contributed by atoms with E-state index in [1.807, 2.05) is 12.1 Å². The number of carboxylic acid groups (broad SMARTS) is 2. The van der Waals surface area contributed by atoms with Crippen LogP contribution < -0.4 is 0 Å². The van der Waals surface area contributed by atoms with Crippen molar-refractivity contribution in [3.8, 4) is 5.75 Å². The predicted octanol–water partition coefficient (Wildman–Crippen LogP) is 0.958. The maximum atomic E-state index is 9.95. The summed E-state index contributed by atoms with van der Waals surface area (Å²) in [7, 11) is 0. The molecule has 5 atom stereocenters. The average molecular weight is 410 g/mol. The van der Waals surface area contributed by atoms with Crippen molar-refractivity contribution in [2.75, 3.05) is 13.5 Å². The van der Waals surface area contributed by atoms with E-state index in [2.05, 4.69) is 0 Å². The number of benzene rings is 1. The SMILES string of the molecule is O=C(O)[C@H](O)[C@@H](O)C(=O)O.[2H]C([2H])([2H])N1CC[C@@]23CCCC[C@@H]2[C@@H]1Cc1ccc(O)cc13. The van der Waals surface area contributed by atoms with E-state index in [4.69, 9.17) is 24.5 Å². The van der Waals surface area contributed by atoms with Crippen molar-refractivity contribution in [2.45, 2.75) is 62.2 Å². The first-order chi connectivity index (χ1) is 14.9. The van der Waals surface area contributed by atoms with Crippen LogP contribution in [0.3, 0.4) is 0 Å². The molecule has 29 heavy (non-hydrogen) atoms. The molecule has 2 aliphatic carbocycles. The van der Waals surface area contributed by atoms with Crippen LogP contribution in [0.4, 0.5) is 0 Å². The molecule has 3 aliphatic rings. The van der Waals surface area contributed by atoms with Gasteiger partial charge in [0.25, 0.3) is 0 Å². The van der Waals surface area contributed by atoms with E-state index >= 15 is 0 Å². The van der Waals surface area contributed by atoms with E-state index in [9.17, 15) is 14.7 Å². The minimum absolute atomic E-state index is 0.0942. The first-order valence-electron chi connectivity index (χ1n) is 11.3. The highest BCUT2D eigenvalue weighted by Gasteiger charge is 2.53. The van der Waals surface area contributed by atoms with Crippen molar-refractivity contribution in [1.29, 1.82) is 0 Å². The van der Waals surface area contributed by atoms with Crippen LogP contribution in [0.25, 0.3) is 0 Å². The van der Waals surface area contributed by atoms with Gasteiger partial charge in [-0.15, -0.1) is 0 Å². The Hall–Kier alpha value is -2.16. The number of likely N-dealkylation sites (N-methyl/N-ethyl adjacent to an activating group) is 1. The molecule has 1 aliphatic heterocycles. The third kappa shape index (κ3) is 3.97. The minimum Gasteiger partial charge on any atom is -0.508 e.